The topological polar surface area (TPSA) is 67.4 Å². The predicted molar refractivity (Wildman–Crippen MR) is 104 cm³/mol. The highest BCUT2D eigenvalue weighted by Gasteiger charge is 2.12. The Balaban J connectivity index is 1.67. The lowest BCUT2D eigenvalue weighted by atomic mass is 10.1. The van der Waals surface area contributed by atoms with Crippen LogP contribution >= 0.6 is 0 Å². The number of para-hydroxylation sites is 2. The molecule has 2 amide bonds. The lowest BCUT2D eigenvalue weighted by Gasteiger charge is -2.11. The molecule has 5 nitrogen and oxygen atoms in total. The summed E-state index contributed by atoms with van der Waals surface area (Å²) < 4.78 is 5.83. The van der Waals surface area contributed by atoms with E-state index < -0.39 is 0 Å². The number of amides is 2. The van der Waals surface area contributed by atoms with E-state index in [9.17, 15) is 9.59 Å². The van der Waals surface area contributed by atoms with Gasteiger partial charge in [0.1, 0.15) is 11.5 Å². The number of carbonyl (C=O) groups is 2. The van der Waals surface area contributed by atoms with Crippen LogP contribution in [0.1, 0.15) is 26.3 Å². The Morgan fingerprint density at radius 2 is 1.48 bits per heavy atom. The van der Waals surface area contributed by atoms with Crippen LogP contribution < -0.4 is 15.4 Å². The molecule has 0 atom stereocenters. The first-order valence-electron chi connectivity index (χ1n) is 8.58. The molecular weight excluding hydrogens is 340 g/mol. The van der Waals surface area contributed by atoms with Gasteiger partial charge < -0.3 is 15.4 Å². The Morgan fingerprint density at radius 1 is 0.815 bits per heavy atom. The minimum Gasteiger partial charge on any atom is -0.457 e. The van der Waals surface area contributed by atoms with Crippen LogP contribution in [0.5, 0.6) is 11.5 Å². The zero-order valence-electron chi connectivity index (χ0n) is 14.9. The highest BCUT2D eigenvalue weighted by molar-refractivity contribution is 5.97. The molecule has 0 saturated heterocycles. The first-order valence-corrected chi connectivity index (χ1v) is 8.58. The molecule has 0 aliphatic rings. The molecule has 27 heavy (non-hydrogen) atoms. The normalized spacial score (nSPS) is 10.1. The van der Waals surface area contributed by atoms with Crippen LogP contribution in [-0.4, -0.2) is 18.9 Å². The molecule has 3 aromatic rings. The largest absolute Gasteiger partial charge is 0.457 e. The van der Waals surface area contributed by atoms with E-state index >= 15 is 0 Å². The van der Waals surface area contributed by atoms with Gasteiger partial charge in [0.2, 0.25) is 0 Å². The van der Waals surface area contributed by atoms with Crippen LogP contribution in [0.3, 0.4) is 0 Å². The van der Waals surface area contributed by atoms with Crippen molar-refractivity contribution in [2.75, 3.05) is 7.05 Å². The van der Waals surface area contributed by atoms with Gasteiger partial charge in [-0.2, -0.15) is 0 Å². The summed E-state index contributed by atoms with van der Waals surface area (Å²) >= 11 is 0. The van der Waals surface area contributed by atoms with Gasteiger partial charge in [0.25, 0.3) is 11.8 Å². The summed E-state index contributed by atoms with van der Waals surface area (Å²) in [5, 5.41) is 5.46. The van der Waals surface area contributed by atoms with Gasteiger partial charge in [-0.25, -0.2) is 0 Å². The van der Waals surface area contributed by atoms with Crippen molar-refractivity contribution in [3.05, 3.63) is 95.6 Å². The molecule has 0 bridgehead atoms. The second-order valence-corrected chi connectivity index (χ2v) is 5.87. The summed E-state index contributed by atoms with van der Waals surface area (Å²) in [5.74, 6) is 0.799. The minimum atomic E-state index is -0.225. The highest BCUT2D eigenvalue weighted by atomic mass is 16.5. The maximum Gasteiger partial charge on any atom is 0.255 e. The van der Waals surface area contributed by atoms with E-state index in [4.69, 9.17) is 4.74 Å². The maximum absolute atomic E-state index is 12.6. The number of carbonyl (C=O) groups excluding carboxylic acids is 2. The summed E-state index contributed by atoms with van der Waals surface area (Å²) in [7, 11) is 1.59. The van der Waals surface area contributed by atoms with Gasteiger partial charge in [0, 0.05) is 19.2 Å². The second kappa shape index (κ2) is 8.67. The number of benzene rings is 3. The maximum atomic E-state index is 12.6. The Labute approximate surface area is 158 Å². The average molecular weight is 360 g/mol. The molecule has 0 aliphatic carbocycles. The van der Waals surface area contributed by atoms with Gasteiger partial charge in [-0.1, -0.05) is 42.5 Å². The van der Waals surface area contributed by atoms with E-state index in [1.54, 1.807) is 37.4 Å². The first-order chi connectivity index (χ1) is 13.2. The van der Waals surface area contributed by atoms with Gasteiger partial charge in [-0.05, 0) is 42.0 Å². The van der Waals surface area contributed by atoms with Crippen LogP contribution in [0.2, 0.25) is 0 Å². The molecule has 0 spiro atoms. The van der Waals surface area contributed by atoms with Crippen molar-refractivity contribution in [1.82, 2.24) is 10.6 Å². The molecule has 0 saturated carbocycles. The van der Waals surface area contributed by atoms with Crippen LogP contribution in [0, 0.1) is 0 Å². The summed E-state index contributed by atoms with van der Waals surface area (Å²) in [5.41, 5.74) is 1.94. The Morgan fingerprint density at radius 3 is 2.19 bits per heavy atom. The molecule has 0 unspecified atom stereocenters. The standard InChI is InChI=1S/C22H20N2O3/c1-23-21(25)17-13-11-16(12-14-17)15-24-22(26)19-9-5-6-10-20(19)27-18-7-3-2-4-8-18/h2-14H,15H2,1H3,(H,23,25)(H,24,26). The first kappa shape index (κ1) is 18.2. The van der Waals surface area contributed by atoms with Crippen LogP contribution in [-0.2, 0) is 6.54 Å². The highest BCUT2D eigenvalue weighted by Crippen LogP contribution is 2.25. The van der Waals surface area contributed by atoms with E-state index in [-0.39, 0.29) is 11.8 Å². The van der Waals surface area contributed by atoms with Crippen molar-refractivity contribution >= 4 is 11.8 Å². The Hall–Kier alpha value is -3.60. The number of rotatable bonds is 6. The van der Waals surface area contributed by atoms with Gasteiger partial charge in [0.15, 0.2) is 0 Å². The summed E-state index contributed by atoms with van der Waals surface area (Å²) in [6.07, 6.45) is 0. The van der Waals surface area contributed by atoms with E-state index in [2.05, 4.69) is 10.6 Å². The quantitative estimate of drug-likeness (QED) is 0.703. The lowest BCUT2D eigenvalue weighted by molar-refractivity contribution is 0.0944. The second-order valence-electron chi connectivity index (χ2n) is 5.87. The zero-order chi connectivity index (χ0) is 19.1. The van der Waals surface area contributed by atoms with E-state index in [0.717, 1.165) is 5.56 Å². The van der Waals surface area contributed by atoms with Crippen LogP contribution in [0.15, 0.2) is 78.9 Å². The molecular formula is C22H20N2O3. The van der Waals surface area contributed by atoms with E-state index in [1.165, 1.54) is 0 Å². The smallest absolute Gasteiger partial charge is 0.255 e. The van der Waals surface area contributed by atoms with E-state index in [0.29, 0.717) is 29.2 Å². The number of hydrogen-bond donors (Lipinski definition) is 2. The molecule has 3 aromatic carbocycles. The molecule has 136 valence electrons. The predicted octanol–water partition coefficient (Wildman–Crippen LogP) is 3.77. The SMILES string of the molecule is CNC(=O)c1ccc(CNC(=O)c2ccccc2Oc2ccccc2)cc1. The van der Waals surface area contributed by atoms with Gasteiger partial charge in [-0.15, -0.1) is 0 Å². The molecule has 0 heterocycles. The van der Waals surface area contributed by atoms with Crippen molar-refractivity contribution in [2.24, 2.45) is 0 Å². The average Bonchev–Trinajstić information content (AvgIpc) is 2.73. The lowest BCUT2D eigenvalue weighted by Crippen LogP contribution is -2.23. The van der Waals surface area contributed by atoms with E-state index in [1.807, 2.05) is 48.5 Å². The molecule has 0 aromatic heterocycles. The summed E-state index contributed by atoms with van der Waals surface area (Å²) in [6, 6.07) is 23.5. The zero-order valence-corrected chi connectivity index (χ0v) is 14.9. The molecule has 2 N–H and O–H groups in total. The Kier molecular flexibility index (Phi) is 5.84. The molecule has 5 heteroatoms. The van der Waals surface area contributed by atoms with Crippen molar-refractivity contribution in [3.8, 4) is 11.5 Å². The number of nitrogens with one attached hydrogen (secondary N) is 2. The fourth-order valence-electron chi connectivity index (χ4n) is 2.55. The third-order valence-electron chi connectivity index (χ3n) is 4.00. The van der Waals surface area contributed by atoms with Crippen LogP contribution in [0.25, 0.3) is 0 Å². The van der Waals surface area contributed by atoms with Crippen molar-refractivity contribution in [1.29, 1.82) is 0 Å². The summed E-state index contributed by atoms with van der Waals surface area (Å²) in [4.78, 5) is 24.2. The number of ether oxygens (including phenoxy) is 1. The van der Waals surface area contributed by atoms with Crippen molar-refractivity contribution < 1.29 is 14.3 Å². The van der Waals surface area contributed by atoms with Crippen LogP contribution in [0.4, 0.5) is 0 Å². The number of hydrogen-bond acceptors (Lipinski definition) is 3. The fourth-order valence-corrected chi connectivity index (χ4v) is 2.55. The van der Waals surface area contributed by atoms with Gasteiger partial charge in [0.05, 0.1) is 5.56 Å². The fraction of sp³-hybridized carbons (Fsp3) is 0.0909. The Bertz CT molecular complexity index is 922. The monoisotopic (exact) mass is 360 g/mol. The molecule has 0 fully saturated rings. The van der Waals surface area contributed by atoms with Gasteiger partial charge >= 0.3 is 0 Å². The summed E-state index contributed by atoms with van der Waals surface area (Å²) in [6.45, 7) is 0.354. The minimum absolute atomic E-state index is 0.141. The van der Waals surface area contributed by atoms with Crippen molar-refractivity contribution in [2.45, 2.75) is 6.54 Å². The molecule has 3 rings (SSSR count). The third kappa shape index (κ3) is 4.73. The van der Waals surface area contributed by atoms with Gasteiger partial charge in [-0.3, -0.25) is 9.59 Å². The van der Waals surface area contributed by atoms with Crippen molar-refractivity contribution in [3.63, 3.8) is 0 Å². The molecule has 0 radical (unpaired) electrons. The molecule has 0 aliphatic heterocycles. The third-order valence-corrected chi connectivity index (χ3v) is 4.00.